The molecule has 2 aromatic heterocycles. The average Bonchev–Trinajstić information content (AvgIpc) is 2.66. The van der Waals surface area contributed by atoms with Crippen LogP contribution in [0.2, 0.25) is 0 Å². The number of aryl methyl sites for hydroxylation is 1. The Morgan fingerprint density at radius 3 is 2.62 bits per heavy atom. The molecule has 0 spiro atoms. The van der Waals surface area contributed by atoms with E-state index >= 15 is 0 Å². The van der Waals surface area contributed by atoms with Crippen LogP contribution in [0.4, 0.5) is 13.2 Å². The fourth-order valence-electron chi connectivity index (χ4n) is 2.44. The highest BCUT2D eigenvalue weighted by Crippen LogP contribution is 2.35. The Labute approximate surface area is 160 Å². The summed E-state index contributed by atoms with van der Waals surface area (Å²) in [7, 11) is 0. The predicted molar refractivity (Wildman–Crippen MR) is 93.4 cm³/mol. The van der Waals surface area contributed by atoms with Crippen LogP contribution in [-0.4, -0.2) is 19.5 Å². The number of benzene rings is 1. The zero-order chi connectivity index (χ0) is 21.2. The van der Waals surface area contributed by atoms with Crippen LogP contribution in [-0.2, 0) is 12.7 Å². The molecule has 0 saturated carbocycles. The predicted octanol–water partition coefficient (Wildman–Crippen LogP) is 2.37. The number of alkyl halides is 3. The molecule has 1 aromatic carbocycles. The molecule has 0 aliphatic carbocycles. The molecule has 148 valence electrons. The fraction of sp³-hybridized carbons (Fsp3) is 0.167. The van der Waals surface area contributed by atoms with Gasteiger partial charge in [-0.25, -0.2) is 9.97 Å². The Kier molecular flexibility index (Phi) is 5.18. The number of rotatable bonds is 4. The van der Waals surface area contributed by atoms with Crippen LogP contribution in [0.25, 0.3) is 0 Å². The maximum atomic E-state index is 13.4. The smallest absolute Gasteiger partial charge is 0.437 e. The third-order valence-electron chi connectivity index (χ3n) is 3.83. The van der Waals surface area contributed by atoms with Crippen molar-refractivity contribution in [1.29, 1.82) is 5.26 Å². The van der Waals surface area contributed by atoms with Gasteiger partial charge in [0.25, 0.3) is 11.1 Å². The summed E-state index contributed by atoms with van der Waals surface area (Å²) in [6.45, 7) is 1.18. The van der Waals surface area contributed by atoms with Crippen molar-refractivity contribution in [3.63, 3.8) is 0 Å². The lowest BCUT2D eigenvalue weighted by Gasteiger charge is -2.15. The van der Waals surface area contributed by atoms with Gasteiger partial charge in [0.05, 0.1) is 24.0 Å². The third kappa shape index (κ3) is 4.16. The molecule has 0 radical (unpaired) electrons. The van der Waals surface area contributed by atoms with Crippen LogP contribution < -0.4 is 15.9 Å². The van der Waals surface area contributed by atoms with Gasteiger partial charge >= 0.3 is 6.18 Å². The van der Waals surface area contributed by atoms with Crippen molar-refractivity contribution in [2.75, 3.05) is 0 Å². The first kappa shape index (κ1) is 19.8. The lowest BCUT2D eigenvalue weighted by Crippen LogP contribution is -2.29. The minimum atomic E-state index is -4.97. The number of hydrogen-bond donors (Lipinski definition) is 1. The maximum absolute atomic E-state index is 13.4. The van der Waals surface area contributed by atoms with Crippen LogP contribution in [0.15, 0.2) is 46.4 Å². The molecule has 29 heavy (non-hydrogen) atoms. The van der Waals surface area contributed by atoms with E-state index in [-0.39, 0.29) is 23.4 Å². The molecule has 3 rings (SSSR count). The zero-order valence-corrected chi connectivity index (χ0v) is 14.8. The zero-order valence-electron chi connectivity index (χ0n) is 14.8. The third-order valence-corrected chi connectivity index (χ3v) is 3.83. The topological polar surface area (TPSA) is 114 Å². The standard InChI is InChI=1S/C18H12F3N5O3/c1-10-23-7-12(16(27)25-10)8-26-9-24-15(18(19,20)21)14(17(26)28)29-13-5-3-2-4-11(13)6-22/h2-5,7,9H,8H2,1H3,(H,23,25,27). The number of halogens is 3. The molecule has 0 fully saturated rings. The van der Waals surface area contributed by atoms with E-state index in [2.05, 4.69) is 15.0 Å². The molecular formula is C18H12F3N5O3. The molecule has 3 aromatic rings. The summed E-state index contributed by atoms with van der Waals surface area (Å²) in [6.07, 6.45) is -3.09. The fourth-order valence-corrected chi connectivity index (χ4v) is 2.44. The van der Waals surface area contributed by atoms with Crippen molar-refractivity contribution < 1.29 is 17.9 Å². The second kappa shape index (κ2) is 7.59. The minimum Gasteiger partial charge on any atom is -0.448 e. The van der Waals surface area contributed by atoms with Crippen molar-refractivity contribution in [3.05, 3.63) is 80.1 Å². The Morgan fingerprint density at radius 2 is 1.97 bits per heavy atom. The lowest BCUT2D eigenvalue weighted by atomic mass is 10.2. The minimum absolute atomic E-state index is 0.0441. The summed E-state index contributed by atoms with van der Waals surface area (Å²) in [6, 6.07) is 7.29. The van der Waals surface area contributed by atoms with E-state index < -0.39 is 28.7 Å². The molecule has 0 unspecified atom stereocenters. The summed E-state index contributed by atoms with van der Waals surface area (Å²) in [4.78, 5) is 34.3. The molecule has 0 aliphatic rings. The number of H-pyrrole nitrogens is 1. The van der Waals surface area contributed by atoms with Gasteiger partial charge in [-0.3, -0.25) is 14.2 Å². The van der Waals surface area contributed by atoms with Gasteiger partial charge in [0.2, 0.25) is 5.75 Å². The summed E-state index contributed by atoms with van der Waals surface area (Å²) >= 11 is 0. The van der Waals surface area contributed by atoms with E-state index in [0.717, 1.165) is 4.57 Å². The summed E-state index contributed by atoms with van der Waals surface area (Å²) in [5.74, 6) is -0.986. The highest BCUT2D eigenvalue weighted by molar-refractivity contribution is 5.45. The van der Waals surface area contributed by atoms with Crippen molar-refractivity contribution in [2.45, 2.75) is 19.6 Å². The first-order chi connectivity index (χ1) is 13.7. The second-order valence-corrected chi connectivity index (χ2v) is 5.89. The number of nitrogens with one attached hydrogen (secondary N) is 1. The van der Waals surface area contributed by atoms with Gasteiger partial charge in [0, 0.05) is 6.20 Å². The van der Waals surface area contributed by atoms with Crippen molar-refractivity contribution >= 4 is 0 Å². The number of ether oxygens (including phenoxy) is 1. The van der Waals surface area contributed by atoms with Crippen LogP contribution >= 0.6 is 0 Å². The van der Waals surface area contributed by atoms with Crippen molar-refractivity contribution in [3.8, 4) is 17.6 Å². The SMILES string of the molecule is Cc1ncc(Cn2cnc(C(F)(F)F)c(Oc3ccccc3C#N)c2=O)c(=O)[nH]1. The molecule has 0 atom stereocenters. The van der Waals surface area contributed by atoms with Gasteiger partial charge in [-0.1, -0.05) is 12.1 Å². The molecule has 0 aliphatic heterocycles. The quantitative estimate of drug-likeness (QED) is 0.716. The highest BCUT2D eigenvalue weighted by atomic mass is 19.4. The Morgan fingerprint density at radius 1 is 1.24 bits per heavy atom. The number of nitriles is 1. The molecule has 0 saturated heterocycles. The van der Waals surface area contributed by atoms with Crippen LogP contribution in [0.3, 0.4) is 0 Å². The van der Waals surface area contributed by atoms with Crippen molar-refractivity contribution in [1.82, 2.24) is 19.5 Å². The van der Waals surface area contributed by atoms with E-state index in [1.54, 1.807) is 13.0 Å². The van der Waals surface area contributed by atoms with Gasteiger partial charge < -0.3 is 9.72 Å². The van der Waals surface area contributed by atoms with E-state index in [0.29, 0.717) is 12.2 Å². The van der Waals surface area contributed by atoms with Crippen LogP contribution in [0.5, 0.6) is 11.5 Å². The molecule has 2 heterocycles. The van der Waals surface area contributed by atoms with Crippen molar-refractivity contribution in [2.24, 2.45) is 0 Å². The largest absolute Gasteiger partial charge is 0.448 e. The van der Waals surface area contributed by atoms with Gasteiger partial charge in [0.1, 0.15) is 17.6 Å². The first-order valence-corrected chi connectivity index (χ1v) is 8.09. The number of nitrogens with zero attached hydrogens (tertiary/aromatic N) is 4. The summed E-state index contributed by atoms with van der Waals surface area (Å²) < 4.78 is 46.0. The number of aromatic amines is 1. The molecular weight excluding hydrogens is 391 g/mol. The molecule has 11 heteroatoms. The monoisotopic (exact) mass is 403 g/mol. The summed E-state index contributed by atoms with van der Waals surface area (Å²) in [5.41, 5.74) is -3.26. The van der Waals surface area contributed by atoms with E-state index in [1.165, 1.54) is 30.5 Å². The Hall–Kier alpha value is -3.94. The van der Waals surface area contributed by atoms with Crippen LogP contribution in [0.1, 0.15) is 22.6 Å². The van der Waals surface area contributed by atoms with E-state index in [9.17, 15) is 22.8 Å². The summed E-state index contributed by atoms with van der Waals surface area (Å²) in [5, 5.41) is 9.10. The van der Waals surface area contributed by atoms with Gasteiger partial charge in [-0.15, -0.1) is 0 Å². The Balaban J connectivity index is 2.12. The van der Waals surface area contributed by atoms with Gasteiger partial charge in [0.15, 0.2) is 5.69 Å². The second-order valence-electron chi connectivity index (χ2n) is 5.89. The first-order valence-electron chi connectivity index (χ1n) is 8.09. The highest BCUT2D eigenvalue weighted by Gasteiger charge is 2.39. The molecule has 1 N–H and O–H groups in total. The number of hydrogen-bond acceptors (Lipinski definition) is 6. The maximum Gasteiger partial charge on any atom is 0.437 e. The van der Waals surface area contributed by atoms with Gasteiger partial charge in [-0.05, 0) is 19.1 Å². The molecule has 8 nitrogen and oxygen atoms in total. The average molecular weight is 403 g/mol. The van der Waals surface area contributed by atoms with Crippen LogP contribution in [0, 0.1) is 18.3 Å². The normalized spacial score (nSPS) is 11.1. The number of aromatic nitrogens is 4. The van der Waals surface area contributed by atoms with Gasteiger partial charge in [-0.2, -0.15) is 18.4 Å². The van der Waals surface area contributed by atoms with E-state index in [4.69, 9.17) is 10.00 Å². The molecule has 0 amide bonds. The van der Waals surface area contributed by atoms with E-state index in [1.807, 2.05) is 0 Å². The lowest BCUT2D eigenvalue weighted by molar-refractivity contribution is -0.142. The number of para-hydroxylation sites is 1. The molecule has 0 bridgehead atoms. The Bertz CT molecular complexity index is 1220.